The first-order valence-electron chi connectivity index (χ1n) is 6.36. The molecule has 0 radical (unpaired) electrons. The summed E-state index contributed by atoms with van der Waals surface area (Å²) in [7, 11) is 1.56. The molecule has 1 fully saturated rings. The van der Waals surface area contributed by atoms with Crippen LogP contribution in [0.3, 0.4) is 0 Å². The summed E-state index contributed by atoms with van der Waals surface area (Å²) < 4.78 is 27.3. The molecule has 1 aliphatic heterocycles. The van der Waals surface area contributed by atoms with Gasteiger partial charge in [-0.05, 0) is 30.5 Å². The van der Waals surface area contributed by atoms with Gasteiger partial charge in [-0.1, -0.05) is 12.1 Å². The first-order chi connectivity index (χ1) is 9.47. The zero-order valence-corrected chi connectivity index (χ0v) is 12.4. The van der Waals surface area contributed by atoms with Gasteiger partial charge in [0.15, 0.2) is 0 Å². The maximum absolute atomic E-state index is 11.7. The zero-order chi connectivity index (χ0) is 14.6. The molecule has 1 aromatic rings. The van der Waals surface area contributed by atoms with E-state index in [1.54, 1.807) is 12.1 Å². The average Bonchev–Trinajstić information content (AvgIpc) is 2.92. The minimum Gasteiger partial charge on any atom is -0.381 e. The Morgan fingerprint density at radius 1 is 1.35 bits per heavy atom. The molecule has 1 unspecified atom stereocenters. The SMILES string of the molecule is O=C(NCCc1ccc(S(=O)(=O)Cl)cc1)C1CCOC1. The summed E-state index contributed by atoms with van der Waals surface area (Å²) in [4.78, 5) is 11.8. The Balaban J connectivity index is 1.81. The topological polar surface area (TPSA) is 72.5 Å². The lowest BCUT2D eigenvalue weighted by atomic mass is 10.1. The van der Waals surface area contributed by atoms with Crippen LogP contribution in [0.4, 0.5) is 0 Å². The molecular formula is C13H16ClNO4S. The standard InChI is InChI=1S/C13H16ClNO4S/c14-20(17,18)12-3-1-10(2-4-12)5-7-15-13(16)11-6-8-19-9-11/h1-4,11H,5-9H2,(H,15,16). The fraction of sp³-hybridized carbons (Fsp3) is 0.462. The van der Waals surface area contributed by atoms with Crippen LogP contribution in [-0.4, -0.2) is 34.1 Å². The molecule has 0 saturated carbocycles. The number of carbonyl (C=O) groups excluding carboxylic acids is 1. The van der Waals surface area contributed by atoms with Crippen molar-refractivity contribution in [2.45, 2.75) is 17.7 Å². The summed E-state index contributed by atoms with van der Waals surface area (Å²) in [6.07, 6.45) is 1.41. The molecule has 1 aromatic carbocycles. The first-order valence-corrected chi connectivity index (χ1v) is 8.67. The minimum absolute atomic E-state index is 0.0162. The molecule has 1 aliphatic rings. The van der Waals surface area contributed by atoms with Crippen LogP contribution in [0.1, 0.15) is 12.0 Å². The maximum Gasteiger partial charge on any atom is 0.261 e. The van der Waals surface area contributed by atoms with Gasteiger partial charge in [0.25, 0.3) is 9.05 Å². The molecule has 7 heteroatoms. The highest BCUT2D eigenvalue weighted by Gasteiger charge is 2.22. The van der Waals surface area contributed by atoms with Crippen molar-refractivity contribution in [3.8, 4) is 0 Å². The van der Waals surface area contributed by atoms with Crippen molar-refractivity contribution in [1.82, 2.24) is 5.32 Å². The van der Waals surface area contributed by atoms with Crippen LogP contribution in [0, 0.1) is 5.92 Å². The molecular weight excluding hydrogens is 302 g/mol. The fourth-order valence-electron chi connectivity index (χ4n) is 2.03. The summed E-state index contributed by atoms with van der Waals surface area (Å²) in [5, 5.41) is 2.85. The number of halogens is 1. The molecule has 0 aromatic heterocycles. The van der Waals surface area contributed by atoms with E-state index in [-0.39, 0.29) is 16.7 Å². The normalized spacial score (nSPS) is 18.9. The first kappa shape index (κ1) is 15.3. The lowest BCUT2D eigenvalue weighted by molar-refractivity contribution is -0.124. The number of amides is 1. The van der Waals surface area contributed by atoms with E-state index >= 15 is 0 Å². The van der Waals surface area contributed by atoms with Gasteiger partial charge in [-0.25, -0.2) is 8.42 Å². The van der Waals surface area contributed by atoms with E-state index in [2.05, 4.69) is 5.32 Å². The van der Waals surface area contributed by atoms with Gasteiger partial charge >= 0.3 is 0 Å². The summed E-state index contributed by atoms with van der Waals surface area (Å²) in [5.41, 5.74) is 0.942. The van der Waals surface area contributed by atoms with Crippen molar-refractivity contribution >= 4 is 25.6 Å². The van der Waals surface area contributed by atoms with Crippen LogP contribution >= 0.6 is 10.7 Å². The van der Waals surface area contributed by atoms with Crippen LogP contribution in [0.15, 0.2) is 29.2 Å². The van der Waals surface area contributed by atoms with Crippen molar-refractivity contribution in [3.63, 3.8) is 0 Å². The van der Waals surface area contributed by atoms with Crippen molar-refractivity contribution in [1.29, 1.82) is 0 Å². The van der Waals surface area contributed by atoms with E-state index in [0.29, 0.717) is 26.2 Å². The number of hydrogen-bond donors (Lipinski definition) is 1. The van der Waals surface area contributed by atoms with Crippen molar-refractivity contribution < 1.29 is 17.9 Å². The molecule has 0 aliphatic carbocycles. The molecule has 1 N–H and O–H groups in total. The number of rotatable bonds is 5. The lowest BCUT2D eigenvalue weighted by Crippen LogP contribution is -2.32. The van der Waals surface area contributed by atoms with E-state index in [9.17, 15) is 13.2 Å². The maximum atomic E-state index is 11.7. The fourth-order valence-corrected chi connectivity index (χ4v) is 2.80. The van der Waals surface area contributed by atoms with Crippen molar-refractivity contribution in [3.05, 3.63) is 29.8 Å². The second-order valence-electron chi connectivity index (χ2n) is 4.68. The predicted octanol–water partition coefficient (Wildman–Crippen LogP) is 1.31. The van der Waals surface area contributed by atoms with Crippen LogP contribution in [0.25, 0.3) is 0 Å². The molecule has 2 rings (SSSR count). The second kappa shape index (κ2) is 6.56. The van der Waals surface area contributed by atoms with Gasteiger partial charge in [-0.3, -0.25) is 4.79 Å². The Labute approximate surface area is 122 Å². The largest absolute Gasteiger partial charge is 0.381 e. The van der Waals surface area contributed by atoms with Gasteiger partial charge in [-0.2, -0.15) is 0 Å². The Hall–Kier alpha value is -1.11. The highest BCUT2D eigenvalue weighted by atomic mass is 35.7. The summed E-state index contributed by atoms with van der Waals surface area (Å²) in [5.74, 6) is -0.0266. The van der Waals surface area contributed by atoms with Crippen LogP contribution in [0.2, 0.25) is 0 Å². The van der Waals surface area contributed by atoms with E-state index in [4.69, 9.17) is 15.4 Å². The number of nitrogens with one attached hydrogen (secondary N) is 1. The van der Waals surface area contributed by atoms with Gasteiger partial charge in [0.05, 0.1) is 17.4 Å². The van der Waals surface area contributed by atoms with Crippen LogP contribution < -0.4 is 5.32 Å². The third kappa shape index (κ3) is 4.19. The zero-order valence-electron chi connectivity index (χ0n) is 10.8. The molecule has 1 amide bonds. The molecule has 110 valence electrons. The Bertz CT molecular complexity index is 565. The molecule has 0 spiro atoms. The minimum atomic E-state index is -3.68. The number of ether oxygens (including phenoxy) is 1. The quantitative estimate of drug-likeness (QED) is 0.831. The number of hydrogen-bond acceptors (Lipinski definition) is 4. The van der Waals surface area contributed by atoms with Gasteiger partial charge in [0, 0.05) is 23.8 Å². The Morgan fingerprint density at radius 3 is 2.60 bits per heavy atom. The van der Waals surface area contributed by atoms with Crippen LogP contribution in [-0.2, 0) is 25.0 Å². The second-order valence-corrected chi connectivity index (χ2v) is 7.25. The van der Waals surface area contributed by atoms with E-state index in [0.717, 1.165) is 12.0 Å². The smallest absolute Gasteiger partial charge is 0.261 e. The van der Waals surface area contributed by atoms with Crippen molar-refractivity contribution in [2.24, 2.45) is 5.92 Å². The third-order valence-corrected chi connectivity index (χ3v) is 4.59. The number of benzene rings is 1. The van der Waals surface area contributed by atoms with E-state index < -0.39 is 9.05 Å². The van der Waals surface area contributed by atoms with Gasteiger partial charge in [0.2, 0.25) is 5.91 Å². The van der Waals surface area contributed by atoms with E-state index in [1.165, 1.54) is 12.1 Å². The summed E-state index contributed by atoms with van der Waals surface area (Å²) in [6, 6.07) is 6.31. The predicted molar refractivity (Wildman–Crippen MR) is 75.1 cm³/mol. The highest BCUT2D eigenvalue weighted by molar-refractivity contribution is 8.13. The van der Waals surface area contributed by atoms with Crippen LogP contribution in [0.5, 0.6) is 0 Å². The summed E-state index contributed by atoms with van der Waals surface area (Å²) >= 11 is 0. The Kier molecular flexibility index (Phi) is 5.01. The van der Waals surface area contributed by atoms with E-state index in [1.807, 2.05) is 0 Å². The van der Waals surface area contributed by atoms with Gasteiger partial charge in [0.1, 0.15) is 0 Å². The Morgan fingerprint density at radius 2 is 2.05 bits per heavy atom. The molecule has 5 nitrogen and oxygen atoms in total. The van der Waals surface area contributed by atoms with Gasteiger partial charge in [-0.15, -0.1) is 0 Å². The summed E-state index contributed by atoms with van der Waals surface area (Å²) in [6.45, 7) is 1.66. The van der Waals surface area contributed by atoms with Gasteiger partial charge < -0.3 is 10.1 Å². The molecule has 20 heavy (non-hydrogen) atoms. The van der Waals surface area contributed by atoms with Crippen molar-refractivity contribution in [2.75, 3.05) is 19.8 Å². The molecule has 1 heterocycles. The lowest BCUT2D eigenvalue weighted by Gasteiger charge is -2.09. The third-order valence-electron chi connectivity index (χ3n) is 3.22. The molecule has 1 saturated heterocycles. The number of carbonyl (C=O) groups is 1. The average molecular weight is 318 g/mol. The molecule has 1 atom stereocenters. The molecule has 0 bridgehead atoms. The monoisotopic (exact) mass is 317 g/mol. The highest BCUT2D eigenvalue weighted by Crippen LogP contribution is 2.15.